The highest BCUT2D eigenvalue weighted by Gasteiger charge is 2.33. The van der Waals surface area contributed by atoms with Crippen LogP contribution in [0.1, 0.15) is 39.7 Å². The van der Waals surface area contributed by atoms with Gasteiger partial charge in [-0.1, -0.05) is 43.3 Å². The number of non-ortho nitro benzene ring substituents is 1. The Kier molecular flexibility index (Phi) is 9.57. The van der Waals surface area contributed by atoms with Crippen molar-refractivity contribution in [3.8, 4) is 0 Å². The number of hydrogen-bond acceptors (Lipinski definition) is 6. The van der Waals surface area contributed by atoms with Crippen molar-refractivity contribution in [3.05, 3.63) is 70.3 Å². The molecule has 196 valence electrons. The second-order valence-electron chi connectivity index (χ2n) is 9.53. The highest BCUT2D eigenvalue weighted by molar-refractivity contribution is 7.92. The first-order chi connectivity index (χ1) is 16.7. The Hall–Kier alpha value is -3.47. The van der Waals surface area contributed by atoms with Crippen LogP contribution >= 0.6 is 0 Å². The predicted octanol–water partition coefficient (Wildman–Crippen LogP) is 3.13. The van der Waals surface area contributed by atoms with Gasteiger partial charge in [-0.3, -0.25) is 24.0 Å². The lowest BCUT2D eigenvalue weighted by Crippen LogP contribution is -2.56. The molecule has 36 heavy (non-hydrogen) atoms. The van der Waals surface area contributed by atoms with Crippen LogP contribution in [0.2, 0.25) is 0 Å². The molecule has 1 unspecified atom stereocenters. The summed E-state index contributed by atoms with van der Waals surface area (Å²) < 4.78 is 26.1. The maximum Gasteiger partial charge on any atom is 0.271 e. The van der Waals surface area contributed by atoms with Gasteiger partial charge in [-0.15, -0.1) is 0 Å². The Labute approximate surface area is 212 Å². The lowest BCUT2D eigenvalue weighted by atomic mass is 10.1. The fraction of sp³-hybridized carbons (Fsp3) is 0.440. The molecule has 0 aliphatic carbocycles. The van der Waals surface area contributed by atoms with Crippen LogP contribution in [-0.2, 0) is 26.0 Å². The van der Waals surface area contributed by atoms with Crippen molar-refractivity contribution in [1.29, 1.82) is 0 Å². The summed E-state index contributed by atoms with van der Waals surface area (Å²) in [6.07, 6.45) is 1.71. The summed E-state index contributed by atoms with van der Waals surface area (Å²) in [6.45, 7) is 6.87. The van der Waals surface area contributed by atoms with Crippen LogP contribution in [0.15, 0.2) is 54.6 Å². The Balaban J connectivity index is 2.42. The van der Waals surface area contributed by atoms with Crippen molar-refractivity contribution < 1.29 is 22.9 Å². The molecule has 0 saturated heterocycles. The molecule has 11 heteroatoms. The fourth-order valence-electron chi connectivity index (χ4n) is 3.72. The van der Waals surface area contributed by atoms with Crippen molar-refractivity contribution in [2.75, 3.05) is 23.7 Å². The van der Waals surface area contributed by atoms with E-state index in [9.17, 15) is 28.1 Å². The molecule has 0 aliphatic heterocycles. The van der Waals surface area contributed by atoms with Gasteiger partial charge in [0.15, 0.2) is 0 Å². The van der Waals surface area contributed by atoms with Gasteiger partial charge in [-0.25, -0.2) is 8.42 Å². The van der Waals surface area contributed by atoms with Crippen LogP contribution in [0.5, 0.6) is 0 Å². The highest BCUT2D eigenvalue weighted by atomic mass is 32.2. The third kappa shape index (κ3) is 8.33. The molecule has 10 nitrogen and oxygen atoms in total. The van der Waals surface area contributed by atoms with Crippen LogP contribution in [0, 0.1) is 10.1 Å². The fourth-order valence-corrected chi connectivity index (χ4v) is 4.57. The standard InChI is InChI=1S/C25H34N4O6S/c1-6-22(24(31)26-25(2,3)4)27(16-15-19-11-8-7-9-12-19)23(30)18-28(36(5,34)35)20-13-10-14-21(17-20)29(32)33/h7-14,17,22H,6,15-16,18H2,1-5H3,(H,26,31). The number of rotatable bonds is 11. The minimum Gasteiger partial charge on any atom is -0.350 e. The Morgan fingerprint density at radius 2 is 1.72 bits per heavy atom. The molecule has 0 radical (unpaired) electrons. The summed E-state index contributed by atoms with van der Waals surface area (Å²) >= 11 is 0. The maximum atomic E-state index is 13.6. The molecule has 0 fully saturated rings. The van der Waals surface area contributed by atoms with Crippen molar-refractivity contribution in [3.63, 3.8) is 0 Å². The van der Waals surface area contributed by atoms with E-state index in [1.807, 2.05) is 51.1 Å². The second kappa shape index (κ2) is 12.0. The second-order valence-corrected chi connectivity index (χ2v) is 11.4. The minimum absolute atomic E-state index is 0.00440. The zero-order valence-corrected chi connectivity index (χ0v) is 22.1. The molecule has 0 spiro atoms. The van der Waals surface area contributed by atoms with Gasteiger partial charge >= 0.3 is 0 Å². The van der Waals surface area contributed by atoms with E-state index < -0.39 is 39.0 Å². The SMILES string of the molecule is CCC(C(=O)NC(C)(C)C)N(CCc1ccccc1)C(=O)CN(c1cccc([N+](=O)[O-])c1)S(C)(=O)=O. The van der Waals surface area contributed by atoms with Crippen LogP contribution in [0.3, 0.4) is 0 Å². The summed E-state index contributed by atoms with van der Waals surface area (Å²) in [5.41, 5.74) is 0.126. The van der Waals surface area contributed by atoms with E-state index in [0.717, 1.165) is 22.2 Å². The van der Waals surface area contributed by atoms with E-state index in [4.69, 9.17) is 0 Å². The first kappa shape index (κ1) is 28.8. The van der Waals surface area contributed by atoms with E-state index in [1.54, 1.807) is 6.92 Å². The Bertz CT molecular complexity index is 1180. The third-order valence-electron chi connectivity index (χ3n) is 5.38. The van der Waals surface area contributed by atoms with E-state index in [-0.39, 0.29) is 23.8 Å². The number of nitro benzene ring substituents is 1. The van der Waals surface area contributed by atoms with Gasteiger partial charge in [0.1, 0.15) is 12.6 Å². The van der Waals surface area contributed by atoms with Crippen molar-refractivity contribution >= 4 is 33.2 Å². The molecule has 2 rings (SSSR count). The number of anilines is 1. The molecule has 1 atom stereocenters. The Morgan fingerprint density at radius 1 is 1.08 bits per heavy atom. The van der Waals surface area contributed by atoms with E-state index in [2.05, 4.69) is 5.32 Å². The normalized spacial score (nSPS) is 12.5. The van der Waals surface area contributed by atoms with Crippen molar-refractivity contribution in [2.45, 2.75) is 52.1 Å². The summed E-state index contributed by atoms with van der Waals surface area (Å²) in [5, 5.41) is 14.1. The molecule has 2 amide bonds. The smallest absolute Gasteiger partial charge is 0.271 e. The first-order valence-corrected chi connectivity index (χ1v) is 13.5. The number of benzene rings is 2. The average molecular weight is 519 g/mol. The van der Waals surface area contributed by atoms with Gasteiger partial charge in [0.2, 0.25) is 21.8 Å². The summed E-state index contributed by atoms with van der Waals surface area (Å²) in [4.78, 5) is 38.7. The zero-order valence-electron chi connectivity index (χ0n) is 21.3. The molecule has 2 aromatic carbocycles. The van der Waals surface area contributed by atoms with E-state index in [0.29, 0.717) is 12.8 Å². The molecule has 0 aliphatic rings. The number of hydrogen-bond donors (Lipinski definition) is 1. The molecule has 0 aromatic heterocycles. The van der Waals surface area contributed by atoms with E-state index in [1.165, 1.54) is 23.1 Å². The molecule has 0 saturated carbocycles. The molecular weight excluding hydrogens is 484 g/mol. The van der Waals surface area contributed by atoms with Crippen molar-refractivity contribution in [1.82, 2.24) is 10.2 Å². The predicted molar refractivity (Wildman–Crippen MR) is 139 cm³/mol. The third-order valence-corrected chi connectivity index (χ3v) is 6.52. The highest BCUT2D eigenvalue weighted by Crippen LogP contribution is 2.24. The van der Waals surface area contributed by atoms with Crippen LogP contribution in [-0.4, -0.2) is 61.0 Å². The van der Waals surface area contributed by atoms with Crippen LogP contribution in [0.4, 0.5) is 11.4 Å². The lowest BCUT2D eigenvalue weighted by molar-refractivity contribution is -0.384. The van der Waals surface area contributed by atoms with Crippen LogP contribution in [0.25, 0.3) is 0 Å². The molecule has 0 heterocycles. The van der Waals surface area contributed by atoms with Gasteiger partial charge < -0.3 is 10.2 Å². The molecular formula is C25H34N4O6S. The summed E-state index contributed by atoms with van der Waals surface area (Å²) in [5.74, 6) is -0.925. The van der Waals surface area contributed by atoms with Gasteiger partial charge in [-0.2, -0.15) is 0 Å². The monoisotopic (exact) mass is 518 g/mol. The number of nitrogens with zero attached hydrogens (tertiary/aromatic N) is 3. The van der Waals surface area contributed by atoms with Gasteiger partial charge in [0.25, 0.3) is 5.69 Å². The first-order valence-electron chi connectivity index (χ1n) is 11.6. The number of carbonyl (C=O) groups excluding carboxylic acids is 2. The topological polar surface area (TPSA) is 130 Å². The Morgan fingerprint density at radius 3 is 2.25 bits per heavy atom. The number of sulfonamides is 1. The zero-order chi connectivity index (χ0) is 27.1. The molecule has 0 bridgehead atoms. The summed E-state index contributed by atoms with van der Waals surface area (Å²) in [6, 6.07) is 13.7. The maximum absolute atomic E-state index is 13.6. The van der Waals surface area contributed by atoms with Gasteiger partial charge in [-0.05, 0) is 45.2 Å². The van der Waals surface area contributed by atoms with Crippen LogP contribution < -0.4 is 9.62 Å². The lowest BCUT2D eigenvalue weighted by Gasteiger charge is -2.34. The quantitative estimate of drug-likeness (QED) is 0.359. The minimum atomic E-state index is -3.97. The molecule has 1 N–H and O–H groups in total. The largest absolute Gasteiger partial charge is 0.350 e. The van der Waals surface area contributed by atoms with E-state index >= 15 is 0 Å². The summed E-state index contributed by atoms with van der Waals surface area (Å²) in [7, 11) is -3.97. The van der Waals surface area contributed by atoms with Gasteiger partial charge in [0.05, 0.1) is 16.9 Å². The number of carbonyl (C=O) groups is 2. The average Bonchev–Trinajstić information content (AvgIpc) is 2.78. The number of nitrogens with one attached hydrogen (secondary N) is 1. The van der Waals surface area contributed by atoms with Crippen molar-refractivity contribution in [2.24, 2.45) is 0 Å². The number of nitro groups is 1. The molecule has 2 aromatic rings. The van der Waals surface area contributed by atoms with Gasteiger partial charge in [0, 0.05) is 24.2 Å². The number of amides is 2.